The third-order valence-electron chi connectivity index (χ3n) is 6.78. The number of fused-ring (bicyclic) bond motifs is 1. The molecule has 0 spiro atoms. The Hall–Kier alpha value is -2.80. The summed E-state index contributed by atoms with van der Waals surface area (Å²) in [7, 11) is -3.69. The molecule has 39 heavy (non-hydrogen) atoms. The number of sulfonamides is 1. The SMILES string of the molecule is CCCCN(CCCC)S(=O)(=O)c1ccc(C(=O)Nc2sc3c(c2C(=O)NC(N)=O)CCN(C(C)C)C3)cc1. The molecule has 0 bridgehead atoms. The van der Waals surface area contributed by atoms with E-state index in [2.05, 4.69) is 29.4 Å². The van der Waals surface area contributed by atoms with Gasteiger partial charge in [0.1, 0.15) is 5.00 Å². The number of rotatable bonds is 12. The summed E-state index contributed by atoms with van der Waals surface area (Å²) < 4.78 is 28.0. The summed E-state index contributed by atoms with van der Waals surface area (Å²) in [4.78, 5) is 40.8. The van der Waals surface area contributed by atoms with E-state index >= 15 is 0 Å². The van der Waals surface area contributed by atoms with E-state index in [-0.39, 0.29) is 16.0 Å². The fourth-order valence-electron chi connectivity index (χ4n) is 4.49. The minimum atomic E-state index is -3.69. The Labute approximate surface area is 235 Å². The zero-order valence-electron chi connectivity index (χ0n) is 23.1. The predicted octanol–water partition coefficient (Wildman–Crippen LogP) is 4.17. The van der Waals surface area contributed by atoms with E-state index in [0.717, 1.165) is 42.7 Å². The second kappa shape index (κ2) is 13.5. The molecule has 1 aromatic heterocycles. The van der Waals surface area contributed by atoms with Crippen LogP contribution in [0.4, 0.5) is 9.80 Å². The third-order valence-corrected chi connectivity index (χ3v) is 9.83. The molecule has 4 amide bonds. The Morgan fingerprint density at radius 2 is 1.67 bits per heavy atom. The zero-order chi connectivity index (χ0) is 28.7. The van der Waals surface area contributed by atoms with Gasteiger partial charge in [-0.15, -0.1) is 11.3 Å². The van der Waals surface area contributed by atoms with Crippen LogP contribution < -0.4 is 16.4 Å². The number of hydrogen-bond donors (Lipinski definition) is 3. The van der Waals surface area contributed by atoms with Crippen molar-refractivity contribution < 1.29 is 22.8 Å². The Balaban J connectivity index is 1.85. The molecule has 4 N–H and O–H groups in total. The first-order chi connectivity index (χ1) is 18.5. The number of primary amides is 1. The zero-order valence-corrected chi connectivity index (χ0v) is 24.7. The van der Waals surface area contributed by atoms with Gasteiger partial charge in [-0.3, -0.25) is 19.8 Å². The number of thiophene rings is 1. The number of hydrogen-bond acceptors (Lipinski definition) is 7. The second-order valence-corrected chi connectivity index (χ2v) is 13.0. The van der Waals surface area contributed by atoms with Crippen LogP contribution in [-0.4, -0.2) is 61.1 Å². The lowest BCUT2D eigenvalue weighted by Crippen LogP contribution is -2.38. The smallest absolute Gasteiger partial charge is 0.319 e. The molecule has 0 saturated heterocycles. The van der Waals surface area contributed by atoms with Gasteiger partial charge in [0.05, 0.1) is 10.5 Å². The van der Waals surface area contributed by atoms with Crippen LogP contribution in [0.1, 0.15) is 84.5 Å². The average molecular weight is 578 g/mol. The fourth-order valence-corrected chi connectivity index (χ4v) is 7.27. The van der Waals surface area contributed by atoms with Gasteiger partial charge in [0, 0.05) is 42.7 Å². The number of carbonyl (C=O) groups excluding carboxylic acids is 3. The monoisotopic (exact) mass is 577 g/mol. The van der Waals surface area contributed by atoms with Crippen LogP contribution in [-0.2, 0) is 23.0 Å². The van der Waals surface area contributed by atoms with Crippen LogP contribution in [0.3, 0.4) is 0 Å². The number of carbonyl (C=O) groups is 3. The Bertz CT molecular complexity index is 1280. The quantitative estimate of drug-likeness (QED) is 0.346. The number of anilines is 1. The van der Waals surface area contributed by atoms with E-state index in [1.807, 2.05) is 13.8 Å². The normalized spacial score (nSPS) is 13.9. The summed E-state index contributed by atoms with van der Waals surface area (Å²) >= 11 is 1.30. The first-order valence-electron chi connectivity index (χ1n) is 13.4. The molecule has 10 nitrogen and oxygen atoms in total. The number of imide groups is 1. The molecule has 2 heterocycles. The summed E-state index contributed by atoms with van der Waals surface area (Å²) in [6.07, 6.45) is 3.92. The van der Waals surface area contributed by atoms with Gasteiger partial charge in [-0.05, 0) is 62.9 Å². The van der Waals surface area contributed by atoms with Gasteiger partial charge in [0.15, 0.2) is 0 Å². The summed E-state index contributed by atoms with van der Waals surface area (Å²) in [6.45, 7) is 10.5. The van der Waals surface area contributed by atoms with E-state index in [9.17, 15) is 22.8 Å². The van der Waals surface area contributed by atoms with Crippen LogP contribution in [0, 0.1) is 0 Å². The molecular formula is C27H39N5O5S2. The van der Waals surface area contributed by atoms with Gasteiger partial charge in [-0.25, -0.2) is 13.2 Å². The summed E-state index contributed by atoms with van der Waals surface area (Å²) in [5, 5.41) is 5.25. The predicted molar refractivity (Wildman–Crippen MR) is 154 cm³/mol. The van der Waals surface area contributed by atoms with Crippen molar-refractivity contribution in [2.45, 2.75) is 77.3 Å². The standard InChI is InChI=1S/C27H39N5O5S2/c1-5-7-14-32(15-8-6-2)39(36,37)20-11-9-19(10-12-20)24(33)29-26-23(25(34)30-27(28)35)21-13-16-31(18(3)4)17-22(21)38-26/h9-12,18H,5-8,13-17H2,1-4H3,(H,29,33)(H3,28,30,34,35). The average Bonchev–Trinajstić information content (AvgIpc) is 3.25. The minimum Gasteiger partial charge on any atom is -0.351 e. The van der Waals surface area contributed by atoms with Crippen molar-refractivity contribution in [3.8, 4) is 0 Å². The molecule has 2 aromatic rings. The Morgan fingerprint density at radius 3 is 2.21 bits per heavy atom. The van der Waals surface area contributed by atoms with Gasteiger partial charge in [-0.2, -0.15) is 4.31 Å². The fraction of sp³-hybridized carbons (Fsp3) is 0.519. The van der Waals surface area contributed by atoms with Gasteiger partial charge >= 0.3 is 6.03 Å². The molecule has 1 aliphatic rings. The molecule has 0 unspecified atom stereocenters. The van der Waals surface area contributed by atoms with Gasteiger partial charge in [-0.1, -0.05) is 26.7 Å². The van der Waals surface area contributed by atoms with Crippen molar-refractivity contribution in [2.24, 2.45) is 5.73 Å². The lowest BCUT2D eigenvalue weighted by atomic mass is 10.0. The number of amides is 4. The molecule has 1 aromatic carbocycles. The first kappa shape index (κ1) is 30.7. The van der Waals surface area contributed by atoms with Crippen molar-refractivity contribution in [3.05, 3.63) is 45.8 Å². The molecule has 0 fully saturated rings. The van der Waals surface area contributed by atoms with Crippen molar-refractivity contribution in [3.63, 3.8) is 0 Å². The molecule has 1 aliphatic heterocycles. The maximum Gasteiger partial charge on any atom is 0.319 e. The number of urea groups is 1. The number of nitrogens with one attached hydrogen (secondary N) is 2. The Morgan fingerprint density at radius 1 is 1.05 bits per heavy atom. The van der Waals surface area contributed by atoms with E-state index in [0.29, 0.717) is 37.1 Å². The highest BCUT2D eigenvalue weighted by atomic mass is 32.2. The number of nitrogens with two attached hydrogens (primary N) is 1. The van der Waals surface area contributed by atoms with E-state index < -0.39 is 27.9 Å². The highest BCUT2D eigenvalue weighted by Crippen LogP contribution is 2.38. The number of nitrogens with zero attached hydrogens (tertiary/aromatic N) is 2. The molecule has 3 rings (SSSR count). The minimum absolute atomic E-state index is 0.133. The van der Waals surface area contributed by atoms with E-state index in [1.54, 1.807) is 0 Å². The largest absolute Gasteiger partial charge is 0.351 e. The Kier molecular flexibility index (Phi) is 10.6. The molecule has 214 valence electrons. The third kappa shape index (κ3) is 7.44. The van der Waals surface area contributed by atoms with Crippen molar-refractivity contribution in [1.29, 1.82) is 0 Å². The molecule has 0 aliphatic carbocycles. The highest BCUT2D eigenvalue weighted by molar-refractivity contribution is 7.89. The molecule has 0 saturated carbocycles. The van der Waals surface area contributed by atoms with Gasteiger partial charge in [0.2, 0.25) is 10.0 Å². The highest BCUT2D eigenvalue weighted by Gasteiger charge is 2.30. The first-order valence-corrected chi connectivity index (χ1v) is 15.7. The van der Waals surface area contributed by atoms with Gasteiger partial charge < -0.3 is 11.1 Å². The van der Waals surface area contributed by atoms with Crippen LogP contribution in [0.15, 0.2) is 29.2 Å². The van der Waals surface area contributed by atoms with Crippen molar-refractivity contribution >= 4 is 44.2 Å². The maximum atomic E-state index is 13.3. The molecule has 0 radical (unpaired) electrons. The molecule has 12 heteroatoms. The number of benzene rings is 1. The summed E-state index contributed by atoms with van der Waals surface area (Å²) in [5.41, 5.74) is 6.48. The van der Waals surface area contributed by atoms with Crippen LogP contribution in [0.25, 0.3) is 0 Å². The lowest BCUT2D eigenvalue weighted by Gasteiger charge is -2.30. The van der Waals surface area contributed by atoms with E-state index in [1.165, 1.54) is 39.9 Å². The topological polar surface area (TPSA) is 142 Å². The maximum absolute atomic E-state index is 13.3. The van der Waals surface area contributed by atoms with Crippen LogP contribution in [0.2, 0.25) is 0 Å². The number of unbranched alkanes of at least 4 members (excludes halogenated alkanes) is 2. The van der Waals surface area contributed by atoms with Crippen molar-refractivity contribution in [1.82, 2.24) is 14.5 Å². The van der Waals surface area contributed by atoms with E-state index in [4.69, 9.17) is 5.73 Å². The molecular weight excluding hydrogens is 538 g/mol. The summed E-state index contributed by atoms with van der Waals surface area (Å²) in [5.74, 6) is -1.14. The van der Waals surface area contributed by atoms with Crippen LogP contribution >= 0.6 is 11.3 Å². The second-order valence-electron chi connectivity index (χ2n) is 9.93. The molecule has 0 atom stereocenters. The van der Waals surface area contributed by atoms with Gasteiger partial charge in [0.25, 0.3) is 11.8 Å². The summed E-state index contributed by atoms with van der Waals surface area (Å²) in [6, 6.07) is 5.16. The lowest BCUT2D eigenvalue weighted by molar-refractivity contribution is 0.0965. The van der Waals surface area contributed by atoms with Crippen LogP contribution in [0.5, 0.6) is 0 Å². The van der Waals surface area contributed by atoms with Crippen molar-refractivity contribution in [2.75, 3.05) is 25.0 Å².